The molecule has 5 heteroatoms. The van der Waals surface area contributed by atoms with Crippen molar-refractivity contribution in [2.75, 3.05) is 6.61 Å². The van der Waals surface area contributed by atoms with E-state index in [4.69, 9.17) is 9.15 Å². The first-order valence-electron chi connectivity index (χ1n) is 4.90. The summed E-state index contributed by atoms with van der Waals surface area (Å²) in [5, 5.41) is 0. The van der Waals surface area contributed by atoms with Crippen LogP contribution in [0.5, 0.6) is 0 Å². The molecule has 2 aromatic rings. The van der Waals surface area contributed by atoms with E-state index >= 15 is 0 Å². The molecule has 2 rings (SSSR count). The second kappa shape index (κ2) is 3.84. The number of esters is 1. The average molecular weight is 221 g/mol. The second-order valence-corrected chi connectivity index (χ2v) is 3.33. The summed E-state index contributed by atoms with van der Waals surface area (Å²) in [6, 6.07) is 4.77. The molecule has 0 amide bonds. The number of rotatable bonds is 2. The van der Waals surface area contributed by atoms with Crippen molar-refractivity contribution in [3.63, 3.8) is 0 Å². The van der Waals surface area contributed by atoms with E-state index in [1.165, 1.54) is 10.6 Å². The number of aromatic nitrogens is 1. The van der Waals surface area contributed by atoms with Crippen LogP contribution in [0, 0.1) is 0 Å². The zero-order chi connectivity index (χ0) is 11.7. The van der Waals surface area contributed by atoms with Crippen molar-refractivity contribution in [2.24, 2.45) is 7.05 Å². The van der Waals surface area contributed by atoms with Crippen LogP contribution in [0.2, 0.25) is 0 Å². The Labute approximate surface area is 91.2 Å². The Kier molecular flexibility index (Phi) is 2.52. The molecule has 5 nitrogen and oxygen atoms in total. The Hall–Kier alpha value is -2.04. The molecule has 0 N–H and O–H groups in total. The Balaban J connectivity index is 2.52. The Morgan fingerprint density at radius 3 is 2.94 bits per heavy atom. The van der Waals surface area contributed by atoms with Crippen LogP contribution < -0.4 is 5.76 Å². The number of hydrogen-bond acceptors (Lipinski definition) is 4. The van der Waals surface area contributed by atoms with Gasteiger partial charge in [-0.15, -0.1) is 0 Å². The highest BCUT2D eigenvalue weighted by Crippen LogP contribution is 2.14. The molecule has 0 radical (unpaired) electrons. The molecule has 0 saturated carbocycles. The minimum Gasteiger partial charge on any atom is -0.462 e. The summed E-state index contributed by atoms with van der Waals surface area (Å²) in [6.45, 7) is 2.05. The molecule has 84 valence electrons. The summed E-state index contributed by atoms with van der Waals surface area (Å²) in [5.74, 6) is -0.869. The van der Waals surface area contributed by atoms with Gasteiger partial charge < -0.3 is 9.15 Å². The topological polar surface area (TPSA) is 61.4 Å². The van der Waals surface area contributed by atoms with E-state index in [1.54, 1.807) is 26.1 Å². The van der Waals surface area contributed by atoms with Gasteiger partial charge in [-0.05, 0) is 25.1 Å². The number of benzene rings is 1. The molecule has 0 aliphatic carbocycles. The lowest BCUT2D eigenvalue weighted by atomic mass is 10.2. The van der Waals surface area contributed by atoms with Crippen LogP contribution in [0.4, 0.5) is 0 Å². The quantitative estimate of drug-likeness (QED) is 0.717. The monoisotopic (exact) mass is 221 g/mol. The van der Waals surface area contributed by atoms with Crippen LogP contribution in [-0.4, -0.2) is 17.1 Å². The van der Waals surface area contributed by atoms with Gasteiger partial charge in [0.25, 0.3) is 0 Å². The predicted octanol–water partition coefficient (Wildman–Crippen LogP) is 1.31. The highest BCUT2D eigenvalue weighted by Gasteiger charge is 2.11. The van der Waals surface area contributed by atoms with Crippen LogP contribution >= 0.6 is 0 Å². The van der Waals surface area contributed by atoms with Gasteiger partial charge in [-0.3, -0.25) is 4.57 Å². The zero-order valence-electron chi connectivity index (χ0n) is 9.02. The number of oxazole rings is 1. The summed E-state index contributed by atoms with van der Waals surface area (Å²) >= 11 is 0. The standard InChI is InChI=1S/C11H11NO4/c1-3-15-10(13)7-4-5-8-9(6-7)16-11(14)12(8)2/h4-6H,3H2,1-2H3. The maximum Gasteiger partial charge on any atom is 0.419 e. The lowest BCUT2D eigenvalue weighted by Gasteiger charge is -2.00. The van der Waals surface area contributed by atoms with Crippen LogP contribution in [0.15, 0.2) is 27.4 Å². The highest BCUT2D eigenvalue weighted by atomic mass is 16.5. The van der Waals surface area contributed by atoms with Gasteiger partial charge in [0.15, 0.2) is 5.58 Å². The van der Waals surface area contributed by atoms with Crippen LogP contribution in [0.3, 0.4) is 0 Å². The normalized spacial score (nSPS) is 10.6. The Morgan fingerprint density at radius 1 is 1.50 bits per heavy atom. The lowest BCUT2D eigenvalue weighted by Crippen LogP contribution is -2.08. The molecule has 0 aliphatic rings. The van der Waals surface area contributed by atoms with E-state index in [0.717, 1.165) is 0 Å². The molecule has 0 saturated heterocycles. The molecule has 1 aromatic carbocycles. The van der Waals surface area contributed by atoms with Crippen molar-refractivity contribution >= 4 is 17.1 Å². The Bertz CT molecular complexity index is 594. The van der Waals surface area contributed by atoms with Crippen molar-refractivity contribution in [3.05, 3.63) is 34.3 Å². The third-order valence-electron chi connectivity index (χ3n) is 2.30. The summed E-state index contributed by atoms with van der Waals surface area (Å²) in [7, 11) is 1.61. The minimum atomic E-state index is -0.448. The van der Waals surface area contributed by atoms with Crippen LogP contribution in [-0.2, 0) is 11.8 Å². The first kappa shape index (κ1) is 10.5. The molecule has 0 unspecified atom stereocenters. The fraction of sp³-hybridized carbons (Fsp3) is 0.273. The van der Waals surface area contributed by atoms with Gasteiger partial charge >= 0.3 is 11.7 Å². The summed E-state index contributed by atoms with van der Waals surface area (Å²) in [5.41, 5.74) is 1.42. The number of hydrogen-bond donors (Lipinski definition) is 0. The molecule has 1 aromatic heterocycles. The molecule has 16 heavy (non-hydrogen) atoms. The first-order valence-corrected chi connectivity index (χ1v) is 4.90. The fourth-order valence-corrected chi connectivity index (χ4v) is 1.48. The average Bonchev–Trinajstić information content (AvgIpc) is 2.55. The van der Waals surface area contributed by atoms with Crippen molar-refractivity contribution in [2.45, 2.75) is 6.92 Å². The first-order chi connectivity index (χ1) is 7.63. The molecule has 1 heterocycles. The van der Waals surface area contributed by atoms with Crippen molar-refractivity contribution < 1.29 is 13.9 Å². The van der Waals surface area contributed by atoms with E-state index in [1.807, 2.05) is 0 Å². The predicted molar refractivity (Wildman–Crippen MR) is 57.4 cm³/mol. The maximum absolute atomic E-state index is 11.4. The van der Waals surface area contributed by atoms with E-state index in [-0.39, 0.29) is 0 Å². The third kappa shape index (κ3) is 1.60. The number of aryl methyl sites for hydroxylation is 1. The molecule has 0 aliphatic heterocycles. The van der Waals surface area contributed by atoms with Gasteiger partial charge in [-0.1, -0.05) is 0 Å². The Morgan fingerprint density at radius 2 is 2.25 bits per heavy atom. The van der Waals surface area contributed by atoms with Gasteiger partial charge in [0.2, 0.25) is 0 Å². The van der Waals surface area contributed by atoms with Crippen LogP contribution in [0.1, 0.15) is 17.3 Å². The lowest BCUT2D eigenvalue weighted by molar-refractivity contribution is 0.0526. The van der Waals surface area contributed by atoms with Crippen molar-refractivity contribution in [3.8, 4) is 0 Å². The van der Waals surface area contributed by atoms with E-state index in [2.05, 4.69) is 0 Å². The highest BCUT2D eigenvalue weighted by molar-refractivity contribution is 5.93. The molecule has 0 bridgehead atoms. The zero-order valence-corrected chi connectivity index (χ0v) is 9.02. The molecular formula is C11H11NO4. The minimum absolute atomic E-state index is 0.315. The maximum atomic E-state index is 11.4. The number of carbonyl (C=O) groups is 1. The van der Waals surface area contributed by atoms with Gasteiger partial charge in [0.1, 0.15) is 0 Å². The third-order valence-corrected chi connectivity index (χ3v) is 2.30. The number of carbonyl (C=O) groups excluding carboxylic acids is 1. The smallest absolute Gasteiger partial charge is 0.419 e. The largest absolute Gasteiger partial charge is 0.462 e. The van der Waals surface area contributed by atoms with E-state index in [9.17, 15) is 9.59 Å². The number of nitrogens with zero attached hydrogens (tertiary/aromatic N) is 1. The summed E-state index contributed by atoms with van der Waals surface area (Å²) in [6.07, 6.45) is 0. The van der Waals surface area contributed by atoms with E-state index in [0.29, 0.717) is 23.3 Å². The molecular weight excluding hydrogens is 210 g/mol. The molecule has 0 fully saturated rings. The van der Waals surface area contributed by atoms with Crippen molar-refractivity contribution in [1.29, 1.82) is 0 Å². The molecule has 0 spiro atoms. The summed E-state index contributed by atoms with van der Waals surface area (Å²) < 4.78 is 11.2. The van der Waals surface area contributed by atoms with Crippen LogP contribution in [0.25, 0.3) is 11.1 Å². The van der Waals surface area contributed by atoms with Gasteiger partial charge in [-0.2, -0.15) is 0 Å². The van der Waals surface area contributed by atoms with E-state index < -0.39 is 11.7 Å². The summed E-state index contributed by atoms with van der Waals surface area (Å²) in [4.78, 5) is 22.7. The fourth-order valence-electron chi connectivity index (χ4n) is 1.48. The molecule has 0 atom stereocenters. The van der Waals surface area contributed by atoms with Crippen molar-refractivity contribution in [1.82, 2.24) is 4.57 Å². The van der Waals surface area contributed by atoms with Gasteiger partial charge in [0.05, 0.1) is 17.7 Å². The second-order valence-electron chi connectivity index (χ2n) is 3.33. The SMILES string of the molecule is CCOC(=O)c1ccc2c(c1)oc(=O)n2C. The van der Waals surface area contributed by atoms with Gasteiger partial charge in [0, 0.05) is 7.05 Å². The number of fused-ring (bicyclic) bond motifs is 1. The van der Waals surface area contributed by atoms with Gasteiger partial charge in [-0.25, -0.2) is 9.59 Å². The number of ether oxygens (including phenoxy) is 1.